The van der Waals surface area contributed by atoms with Gasteiger partial charge in [-0.2, -0.15) is 13.2 Å². The van der Waals surface area contributed by atoms with Gasteiger partial charge in [0.2, 0.25) is 0 Å². The lowest BCUT2D eigenvalue weighted by Crippen LogP contribution is -2.54. The van der Waals surface area contributed by atoms with Crippen LogP contribution >= 0.6 is 0 Å². The van der Waals surface area contributed by atoms with Gasteiger partial charge in [0, 0.05) is 12.1 Å². The summed E-state index contributed by atoms with van der Waals surface area (Å²) >= 11 is 0. The Morgan fingerprint density at radius 1 is 1.50 bits per heavy atom. The first-order valence-electron chi connectivity index (χ1n) is 4.52. The number of alkyl halides is 3. The van der Waals surface area contributed by atoms with Gasteiger partial charge in [-0.05, 0) is 26.3 Å². The van der Waals surface area contributed by atoms with Crippen molar-refractivity contribution >= 4 is 5.91 Å². The third kappa shape index (κ3) is 2.87. The summed E-state index contributed by atoms with van der Waals surface area (Å²) in [4.78, 5) is 10.6. The third-order valence-electron chi connectivity index (χ3n) is 2.34. The Hall–Kier alpha value is -0.780. The zero-order valence-corrected chi connectivity index (χ0v) is 7.82. The van der Waals surface area contributed by atoms with E-state index in [2.05, 4.69) is 5.32 Å². The quantitative estimate of drug-likeness (QED) is 0.672. The number of rotatable bonds is 1. The molecular weight excluding hydrogens is 197 g/mol. The van der Waals surface area contributed by atoms with E-state index < -0.39 is 18.1 Å². The largest absolute Gasteiger partial charge is 0.471 e. The second-order valence-corrected chi connectivity index (χ2v) is 3.46. The standard InChI is InChI=1S/C8H13F3N2O/c1-5-6(3-2-4-12-5)13-7(14)8(9,10)11/h5-6,12H,2-4H2,1H3,(H,13,14). The molecule has 6 heteroatoms. The molecule has 2 unspecified atom stereocenters. The maximum absolute atomic E-state index is 11.9. The van der Waals surface area contributed by atoms with Gasteiger partial charge in [0.15, 0.2) is 0 Å². The van der Waals surface area contributed by atoms with E-state index in [1.165, 1.54) is 0 Å². The van der Waals surface area contributed by atoms with E-state index in [9.17, 15) is 18.0 Å². The zero-order valence-electron chi connectivity index (χ0n) is 7.82. The molecule has 0 aromatic heterocycles. The number of carbonyl (C=O) groups excluding carboxylic acids is 1. The maximum Gasteiger partial charge on any atom is 0.471 e. The minimum Gasteiger partial charge on any atom is -0.344 e. The Balaban J connectivity index is 2.46. The normalized spacial score (nSPS) is 28.6. The molecular formula is C8H13F3N2O. The molecule has 1 fully saturated rings. The Kier molecular flexibility index (Phi) is 3.36. The molecule has 0 aliphatic carbocycles. The van der Waals surface area contributed by atoms with Crippen LogP contribution < -0.4 is 10.6 Å². The number of halogens is 3. The third-order valence-corrected chi connectivity index (χ3v) is 2.34. The van der Waals surface area contributed by atoms with Crippen LogP contribution in [0.15, 0.2) is 0 Å². The van der Waals surface area contributed by atoms with Crippen LogP contribution in [0, 0.1) is 0 Å². The van der Waals surface area contributed by atoms with Gasteiger partial charge in [-0.15, -0.1) is 0 Å². The Bertz CT molecular complexity index is 217. The molecule has 1 amide bonds. The summed E-state index contributed by atoms with van der Waals surface area (Å²) < 4.78 is 35.7. The smallest absolute Gasteiger partial charge is 0.344 e. The number of nitrogens with one attached hydrogen (secondary N) is 2. The van der Waals surface area contributed by atoms with Crippen molar-refractivity contribution in [1.82, 2.24) is 10.6 Å². The molecule has 1 aliphatic rings. The molecule has 14 heavy (non-hydrogen) atoms. The Morgan fingerprint density at radius 2 is 2.14 bits per heavy atom. The van der Waals surface area contributed by atoms with Crippen molar-refractivity contribution in [1.29, 1.82) is 0 Å². The van der Waals surface area contributed by atoms with Crippen molar-refractivity contribution in [2.24, 2.45) is 0 Å². The van der Waals surface area contributed by atoms with Gasteiger partial charge in [0.05, 0.1) is 0 Å². The van der Waals surface area contributed by atoms with Gasteiger partial charge in [-0.25, -0.2) is 0 Å². The predicted octanol–water partition coefficient (Wildman–Crippen LogP) is 0.805. The Labute approximate surface area is 80.0 Å². The van der Waals surface area contributed by atoms with Crippen molar-refractivity contribution in [3.05, 3.63) is 0 Å². The molecule has 0 radical (unpaired) electrons. The first-order valence-corrected chi connectivity index (χ1v) is 4.52. The average molecular weight is 210 g/mol. The van der Waals surface area contributed by atoms with E-state index in [-0.39, 0.29) is 6.04 Å². The molecule has 0 aromatic rings. The van der Waals surface area contributed by atoms with Crippen LogP contribution in [0.5, 0.6) is 0 Å². The molecule has 1 saturated heterocycles. The molecule has 0 spiro atoms. The first-order chi connectivity index (χ1) is 6.41. The molecule has 82 valence electrons. The van der Waals surface area contributed by atoms with Crippen LogP contribution in [-0.2, 0) is 4.79 Å². The van der Waals surface area contributed by atoms with E-state index in [0.29, 0.717) is 6.42 Å². The van der Waals surface area contributed by atoms with Crippen molar-refractivity contribution in [2.75, 3.05) is 6.54 Å². The number of piperidine rings is 1. The minimum absolute atomic E-state index is 0.102. The van der Waals surface area contributed by atoms with Crippen molar-refractivity contribution in [3.8, 4) is 0 Å². The second kappa shape index (κ2) is 4.16. The minimum atomic E-state index is -4.78. The molecule has 3 nitrogen and oxygen atoms in total. The van der Waals surface area contributed by atoms with E-state index in [0.717, 1.165) is 13.0 Å². The highest BCUT2D eigenvalue weighted by atomic mass is 19.4. The topological polar surface area (TPSA) is 41.1 Å². The van der Waals surface area contributed by atoms with Gasteiger partial charge < -0.3 is 10.6 Å². The lowest BCUT2D eigenvalue weighted by Gasteiger charge is -2.30. The molecule has 1 heterocycles. The zero-order chi connectivity index (χ0) is 10.8. The molecule has 2 N–H and O–H groups in total. The molecule has 1 rings (SSSR count). The predicted molar refractivity (Wildman–Crippen MR) is 44.7 cm³/mol. The highest BCUT2D eigenvalue weighted by molar-refractivity contribution is 5.82. The van der Waals surface area contributed by atoms with E-state index in [1.807, 2.05) is 5.32 Å². The maximum atomic E-state index is 11.9. The highest BCUT2D eigenvalue weighted by Gasteiger charge is 2.40. The summed E-state index contributed by atoms with van der Waals surface area (Å²) in [6.45, 7) is 2.56. The number of amides is 1. The molecule has 2 atom stereocenters. The lowest BCUT2D eigenvalue weighted by molar-refractivity contribution is -0.174. The van der Waals surface area contributed by atoms with Crippen LogP contribution in [0.25, 0.3) is 0 Å². The molecule has 1 aliphatic heterocycles. The number of hydrogen-bond acceptors (Lipinski definition) is 2. The van der Waals surface area contributed by atoms with Gasteiger partial charge in [0.1, 0.15) is 0 Å². The Morgan fingerprint density at radius 3 is 2.64 bits per heavy atom. The molecule has 0 bridgehead atoms. The summed E-state index contributed by atoms with van der Waals surface area (Å²) in [5.41, 5.74) is 0. The lowest BCUT2D eigenvalue weighted by atomic mass is 10.00. The van der Waals surface area contributed by atoms with Gasteiger partial charge >= 0.3 is 12.1 Å². The van der Waals surface area contributed by atoms with Crippen molar-refractivity contribution in [2.45, 2.75) is 38.0 Å². The SMILES string of the molecule is CC1NCCCC1NC(=O)C(F)(F)F. The summed E-state index contributed by atoms with van der Waals surface area (Å²) in [5, 5.41) is 4.99. The summed E-state index contributed by atoms with van der Waals surface area (Å²) in [5.74, 6) is -1.85. The van der Waals surface area contributed by atoms with Crippen LogP contribution in [0.1, 0.15) is 19.8 Å². The average Bonchev–Trinajstić information content (AvgIpc) is 2.07. The molecule has 0 aromatic carbocycles. The number of carbonyl (C=O) groups is 1. The second-order valence-electron chi connectivity index (χ2n) is 3.46. The van der Waals surface area contributed by atoms with Crippen LogP contribution in [0.4, 0.5) is 13.2 Å². The monoisotopic (exact) mass is 210 g/mol. The highest BCUT2D eigenvalue weighted by Crippen LogP contribution is 2.16. The fourth-order valence-electron chi connectivity index (χ4n) is 1.49. The summed E-state index contributed by atoms with van der Waals surface area (Å²) in [6, 6.07) is -0.520. The van der Waals surface area contributed by atoms with Crippen LogP contribution in [0.3, 0.4) is 0 Å². The van der Waals surface area contributed by atoms with Crippen molar-refractivity contribution in [3.63, 3.8) is 0 Å². The molecule has 0 saturated carbocycles. The van der Waals surface area contributed by atoms with E-state index >= 15 is 0 Å². The van der Waals surface area contributed by atoms with Crippen molar-refractivity contribution < 1.29 is 18.0 Å². The van der Waals surface area contributed by atoms with Crippen LogP contribution in [0.2, 0.25) is 0 Å². The van der Waals surface area contributed by atoms with E-state index in [1.54, 1.807) is 6.92 Å². The first kappa shape index (κ1) is 11.3. The van der Waals surface area contributed by atoms with Gasteiger partial charge in [-0.1, -0.05) is 0 Å². The summed E-state index contributed by atoms with van der Waals surface area (Å²) in [7, 11) is 0. The fourth-order valence-corrected chi connectivity index (χ4v) is 1.49. The summed E-state index contributed by atoms with van der Waals surface area (Å²) in [6.07, 6.45) is -3.40. The van der Waals surface area contributed by atoms with Gasteiger partial charge in [-0.3, -0.25) is 4.79 Å². The van der Waals surface area contributed by atoms with E-state index in [4.69, 9.17) is 0 Å². The van der Waals surface area contributed by atoms with Crippen LogP contribution in [-0.4, -0.2) is 30.7 Å². The number of hydrogen-bond donors (Lipinski definition) is 2. The fraction of sp³-hybridized carbons (Fsp3) is 0.875. The van der Waals surface area contributed by atoms with Gasteiger partial charge in [0.25, 0.3) is 0 Å².